The predicted molar refractivity (Wildman–Crippen MR) is 134 cm³/mol. The van der Waals surface area contributed by atoms with Crippen LogP contribution in [0.2, 0.25) is 0 Å². The molecule has 0 saturated heterocycles. The molecular weight excluding hydrogens is 464 g/mol. The molecule has 1 N–H and O–H groups in total. The average Bonchev–Trinajstić information content (AvgIpc) is 2.89. The summed E-state index contributed by atoms with van der Waals surface area (Å²) in [4.78, 5) is 24.6. The van der Waals surface area contributed by atoms with Crippen LogP contribution in [0.15, 0.2) is 71.8 Å². The van der Waals surface area contributed by atoms with Crippen molar-refractivity contribution >= 4 is 18.1 Å². The van der Waals surface area contributed by atoms with E-state index in [1.54, 1.807) is 66.7 Å². The molecule has 0 aliphatic rings. The molecule has 0 aromatic heterocycles. The number of benzene rings is 3. The smallest absolute Gasteiger partial charge is 0.343 e. The zero-order valence-electron chi connectivity index (χ0n) is 20.4. The quantitative estimate of drug-likeness (QED) is 0.175. The number of hydrazone groups is 1. The Morgan fingerprint density at radius 2 is 1.56 bits per heavy atom. The minimum Gasteiger partial charge on any atom is -0.494 e. The number of rotatable bonds is 12. The van der Waals surface area contributed by atoms with Gasteiger partial charge in [0, 0.05) is 0 Å². The molecular formula is C27H28N2O7. The van der Waals surface area contributed by atoms with E-state index in [2.05, 4.69) is 10.5 Å². The molecule has 0 unspecified atom stereocenters. The number of hydrogen-bond acceptors (Lipinski definition) is 8. The van der Waals surface area contributed by atoms with Gasteiger partial charge in [-0.2, -0.15) is 5.10 Å². The maximum Gasteiger partial charge on any atom is 0.343 e. The molecule has 1 amide bonds. The first-order valence-electron chi connectivity index (χ1n) is 11.3. The second-order valence-corrected chi connectivity index (χ2v) is 7.22. The first-order valence-corrected chi connectivity index (χ1v) is 11.3. The molecule has 3 aromatic rings. The zero-order chi connectivity index (χ0) is 25.8. The molecule has 188 valence electrons. The summed E-state index contributed by atoms with van der Waals surface area (Å²) < 4.78 is 27.2. The van der Waals surface area contributed by atoms with Gasteiger partial charge in [-0.25, -0.2) is 10.2 Å². The lowest BCUT2D eigenvalue weighted by atomic mass is 10.2. The fraction of sp³-hybridized carbons (Fsp3) is 0.222. The van der Waals surface area contributed by atoms with E-state index < -0.39 is 11.9 Å². The van der Waals surface area contributed by atoms with Gasteiger partial charge in [-0.3, -0.25) is 4.79 Å². The molecule has 0 heterocycles. The third-order valence-corrected chi connectivity index (χ3v) is 4.70. The van der Waals surface area contributed by atoms with Crippen molar-refractivity contribution in [1.29, 1.82) is 0 Å². The Morgan fingerprint density at radius 1 is 0.833 bits per heavy atom. The molecule has 3 rings (SSSR count). The van der Waals surface area contributed by atoms with Crippen LogP contribution in [0.4, 0.5) is 0 Å². The lowest BCUT2D eigenvalue weighted by Gasteiger charge is -2.12. The summed E-state index contributed by atoms with van der Waals surface area (Å²) >= 11 is 0. The number of esters is 1. The van der Waals surface area contributed by atoms with Gasteiger partial charge in [-0.05, 0) is 74.0 Å². The van der Waals surface area contributed by atoms with E-state index in [-0.39, 0.29) is 12.4 Å². The highest BCUT2D eigenvalue weighted by atomic mass is 16.6. The van der Waals surface area contributed by atoms with Crippen LogP contribution in [0.25, 0.3) is 0 Å². The van der Waals surface area contributed by atoms with Crippen LogP contribution in [0.5, 0.6) is 28.7 Å². The van der Waals surface area contributed by atoms with Crippen molar-refractivity contribution < 1.29 is 33.3 Å². The van der Waals surface area contributed by atoms with Gasteiger partial charge in [0.15, 0.2) is 29.6 Å². The van der Waals surface area contributed by atoms with Gasteiger partial charge in [-0.15, -0.1) is 0 Å². The molecule has 9 heteroatoms. The lowest BCUT2D eigenvalue weighted by Crippen LogP contribution is -2.24. The number of para-hydroxylation sites is 2. The van der Waals surface area contributed by atoms with Crippen molar-refractivity contribution in [3.8, 4) is 28.7 Å². The van der Waals surface area contributed by atoms with Gasteiger partial charge in [-0.1, -0.05) is 12.1 Å². The number of nitrogens with one attached hydrogen (secondary N) is 1. The predicted octanol–water partition coefficient (Wildman–Crippen LogP) is 4.24. The summed E-state index contributed by atoms with van der Waals surface area (Å²) in [6.07, 6.45) is 1.45. The zero-order valence-corrected chi connectivity index (χ0v) is 20.4. The molecule has 0 fully saturated rings. The highest BCUT2D eigenvalue weighted by Crippen LogP contribution is 2.29. The third kappa shape index (κ3) is 7.49. The fourth-order valence-electron chi connectivity index (χ4n) is 3.06. The van der Waals surface area contributed by atoms with Crippen LogP contribution in [0, 0.1) is 0 Å². The van der Waals surface area contributed by atoms with Crippen molar-refractivity contribution in [3.63, 3.8) is 0 Å². The Kier molecular flexibility index (Phi) is 9.69. The number of methoxy groups -OCH3 is 1. The fourth-order valence-corrected chi connectivity index (χ4v) is 3.06. The second kappa shape index (κ2) is 13.4. The summed E-state index contributed by atoms with van der Waals surface area (Å²) in [5, 5.41) is 3.95. The maximum absolute atomic E-state index is 12.6. The van der Waals surface area contributed by atoms with Crippen LogP contribution in [-0.2, 0) is 4.79 Å². The first-order chi connectivity index (χ1) is 17.5. The minimum atomic E-state index is -0.525. The van der Waals surface area contributed by atoms with Gasteiger partial charge in [0.1, 0.15) is 5.75 Å². The second-order valence-electron chi connectivity index (χ2n) is 7.22. The highest BCUT2D eigenvalue weighted by Gasteiger charge is 2.14. The first kappa shape index (κ1) is 26.1. The van der Waals surface area contributed by atoms with E-state index in [0.29, 0.717) is 47.3 Å². The summed E-state index contributed by atoms with van der Waals surface area (Å²) in [7, 11) is 1.52. The number of carbonyl (C=O) groups excluding carboxylic acids is 2. The van der Waals surface area contributed by atoms with Gasteiger partial charge < -0.3 is 23.7 Å². The van der Waals surface area contributed by atoms with E-state index >= 15 is 0 Å². The largest absolute Gasteiger partial charge is 0.494 e. The number of hydrogen-bond donors (Lipinski definition) is 1. The van der Waals surface area contributed by atoms with Crippen LogP contribution < -0.4 is 29.1 Å². The van der Waals surface area contributed by atoms with Crippen molar-refractivity contribution in [2.45, 2.75) is 13.8 Å². The number of carbonyl (C=O) groups is 2. The van der Waals surface area contributed by atoms with E-state index in [1.807, 2.05) is 13.8 Å². The summed E-state index contributed by atoms with van der Waals surface area (Å²) in [6.45, 7) is 4.38. The number of nitrogens with zero attached hydrogens (tertiary/aromatic N) is 1. The van der Waals surface area contributed by atoms with Crippen molar-refractivity contribution in [3.05, 3.63) is 77.9 Å². The van der Waals surface area contributed by atoms with E-state index in [0.717, 1.165) is 0 Å². The SMILES string of the molecule is CCOc1ccc(C(=O)Oc2ccc(/C=N\NC(=O)COc3ccccc3OC)cc2OCC)cc1. The van der Waals surface area contributed by atoms with Gasteiger partial charge >= 0.3 is 5.97 Å². The van der Waals surface area contributed by atoms with Gasteiger partial charge in [0.2, 0.25) is 0 Å². The summed E-state index contributed by atoms with van der Waals surface area (Å²) in [5.41, 5.74) is 3.41. The normalized spacial score (nSPS) is 10.5. The van der Waals surface area contributed by atoms with Gasteiger partial charge in [0.25, 0.3) is 5.91 Å². The molecule has 0 aliphatic heterocycles. The maximum atomic E-state index is 12.6. The lowest BCUT2D eigenvalue weighted by molar-refractivity contribution is -0.123. The molecule has 3 aromatic carbocycles. The van der Waals surface area contributed by atoms with Crippen LogP contribution in [0.3, 0.4) is 0 Å². The Bertz CT molecular complexity index is 1190. The Morgan fingerprint density at radius 3 is 2.25 bits per heavy atom. The van der Waals surface area contributed by atoms with Crippen LogP contribution in [0.1, 0.15) is 29.8 Å². The van der Waals surface area contributed by atoms with E-state index in [9.17, 15) is 9.59 Å². The standard InChI is InChI=1S/C27H28N2O7/c1-4-33-21-13-11-20(12-14-21)27(31)36-24-15-10-19(16-25(24)34-5-2)17-28-29-26(30)18-35-23-9-7-6-8-22(23)32-3/h6-17H,4-5,18H2,1-3H3,(H,29,30)/b28-17-. The molecule has 9 nitrogen and oxygen atoms in total. The average molecular weight is 493 g/mol. The summed E-state index contributed by atoms with van der Waals surface area (Å²) in [5.74, 6) is 1.32. The Labute approximate surface area is 209 Å². The molecule has 0 atom stereocenters. The molecule has 0 aliphatic carbocycles. The van der Waals surface area contributed by atoms with E-state index in [4.69, 9.17) is 23.7 Å². The topological polar surface area (TPSA) is 105 Å². The number of amides is 1. The summed E-state index contributed by atoms with van der Waals surface area (Å²) in [6, 6.07) is 18.7. The molecule has 36 heavy (non-hydrogen) atoms. The van der Waals surface area contributed by atoms with Crippen molar-refractivity contribution in [1.82, 2.24) is 5.43 Å². The van der Waals surface area contributed by atoms with Gasteiger partial charge in [0.05, 0.1) is 32.1 Å². The van der Waals surface area contributed by atoms with Crippen molar-refractivity contribution in [2.75, 3.05) is 26.9 Å². The molecule has 0 spiro atoms. The van der Waals surface area contributed by atoms with E-state index in [1.165, 1.54) is 13.3 Å². The monoisotopic (exact) mass is 492 g/mol. The van der Waals surface area contributed by atoms with Crippen molar-refractivity contribution in [2.24, 2.45) is 5.10 Å². The number of ether oxygens (including phenoxy) is 5. The molecule has 0 radical (unpaired) electrons. The molecule has 0 saturated carbocycles. The Hall–Kier alpha value is -4.53. The highest BCUT2D eigenvalue weighted by molar-refractivity contribution is 5.92. The Balaban J connectivity index is 1.59. The van der Waals surface area contributed by atoms with Crippen LogP contribution in [-0.4, -0.2) is 45.0 Å². The third-order valence-electron chi connectivity index (χ3n) is 4.70. The van der Waals surface area contributed by atoms with Crippen LogP contribution >= 0.6 is 0 Å². The minimum absolute atomic E-state index is 0.234. The molecule has 0 bridgehead atoms.